The molecule has 0 saturated carbocycles. The molecule has 8 aromatic carbocycles. The normalized spacial score (nSPS) is 17.4. The van der Waals surface area contributed by atoms with E-state index in [0.29, 0.717) is 107 Å². The smallest absolute Gasteiger partial charge is 0.336 e. The van der Waals surface area contributed by atoms with Gasteiger partial charge in [0, 0.05) is 109 Å². The Bertz CT molecular complexity index is 5740. The number of para-hydroxylation sites is 3. The third kappa shape index (κ3) is 23.5. The van der Waals surface area contributed by atoms with E-state index in [1.807, 2.05) is 163 Å². The van der Waals surface area contributed by atoms with Crippen LogP contribution < -0.4 is 34.7 Å². The van der Waals surface area contributed by atoms with Crippen LogP contribution in [0.5, 0.6) is 0 Å². The number of ether oxygens (including phenoxy) is 2. The number of aromatic nitrogens is 6. The molecule has 0 bridgehead atoms. The van der Waals surface area contributed by atoms with E-state index in [0.717, 1.165) is 195 Å². The standard InChI is InChI=1S/C37H42N6O3.C29H34N6O3.C23H26N2O2.C14H18N4O2/c1-26-19-27(2)35(28(3)33(26)20-29-13-15-41(16-14-29)34-12-8-7-11-31(34)21-38)36(44)42-17-18-43(37-40-39-25-46-37)32(22-42)24-45-23-30-9-5-4-6-10-30;1-20-13-21(2)26(28(37)34-11-12-35(25(17-34)18-36)29-32-31-19-38-29)15-24(20)14-22-7-9-33(10-8-22)27-6-4-3-5-23(27)16-30;1-15-12-16(2)22(23(26)27)17(3)20(15)13-18-8-10-25(11-9-18)21-7-5-4-6-19(21)14-24;1-2-4-12(5-3-1)9-19-10-13-8-15-6-7-18(13)14-17-16-11-20-14/h4-12,19,25,29,32H,13-18,20,22-24H2,1-3H3;3-6,13,15,19,22,25,36H,7-12,14,17-18H2,1-2H3;4-7,12,18H,8-11,13H2,1-3H3,(H,26,27);1-5,11,13,15H,6-10H2/t32-;25-;;13-/m00.0/s1. The molecule has 6 fully saturated rings. The van der Waals surface area contributed by atoms with Crippen LogP contribution in [0, 0.1) is 107 Å². The fourth-order valence-corrected chi connectivity index (χ4v) is 19.7. The number of carboxylic acids is 1. The first-order chi connectivity index (χ1) is 63.8. The zero-order valence-electron chi connectivity index (χ0n) is 76.5. The maximum atomic E-state index is 14.3. The summed E-state index contributed by atoms with van der Waals surface area (Å²) in [7, 11) is 0. The lowest BCUT2D eigenvalue weighted by Crippen LogP contribution is -2.57. The largest absolute Gasteiger partial charge is 0.478 e. The third-order valence-corrected chi connectivity index (χ3v) is 26.8. The number of nitrogens with zero attached hydrogens (tertiary/aromatic N) is 17. The van der Waals surface area contributed by atoms with Gasteiger partial charge in [0.15, 0.2) is 0 Å². The number of carboxylic acid groups (broad SMARTS) is 1. The Kier molecular flexibility index (Phi) is 32.4. The minimum absolute atomic E-state index is 0.00434. The number of carbonyl (C=O) groups excluding carboxylic acids is 2. The van der Waals surface area contributed by atoms with Crippen molar-refractivity contribution >= 4 is 52.9 Å². The van der Waals surface area contributed by atoms with Gasteiger partial charge in [0.1, 0.15) is 18.2 Å². The van der Waals surface area contributed by atoms with Crippen LogP contribution in [0.2, 0.25) is 0 Å². The van der Waals surface area contributed by atoms with Crippen molar-refractivity contribution in [3.05, 3.63) is 283 Å². The maximum Gasteiger partial charge on any atom is 0.336 e. The van der Waals surface area contributed by atoms with Crippen LogP contribution in [0.15, 0.2) is 190 Å². The van der Waals surface area contributed by atoms with E-state index in [-0.39, 0.29) is 36.5 Å². The summed E-state index contributed by atoms with van der Waals surface area (Å²) >= 11 is 0. The minimum atomic E-state index is -0.839. The highest BCUT2D eigenvalue weighted by atomic mass is 16.5. The van der Waals surface area contributed by atoms with E-state index in [4.69, 9.17) is 22.7 Å². The van der Waals surface area contributed by atoms with Crippen molar-refractivity contribution in [3.63, 3.8) is 0 Å². The average Bonchev–Trinajstić information content (AvgIpc) is 1.25. The Hall–Kier alpha value is -13.3. The first-order valence-electron chi connectivity index (χ1n) is 45.7. The van der Waals surface area contributed by atoms with Crippen LogP contribution in [-0.4, -0.2) is 205 Å². The van der Waals surface area contributed by atoms with Gasteiger partial charge in [0.25, 0.3) is 11.8 Å². The number of amides is 2. The van der Waals surface area contributed by atoms with Gasteiger partial charge in [-0.15, -0.1) is 15.3 Å². The molecule has 0 unspecified atom stereocenters. The topological polar surface area (TPSA) is 336 Å². The summed E-state index contributed by atoms with van der Waals surface area (Å²) in [6, 6.07) is 60.2. The Morgan fingerprint density at radius 2 is 0.824 bits per heavy atom. The van der Waals surface area contributed by atoms with Gasteiger partial charge in [0.05, 0.1) is 90.5 Å². The number of aryl methyl sites for hydroxylation is 6. The predicted molar refractivity (Wildman–Crippen MR) is 504 cm³/mol. The molecule has 9 heterocycles. The Labute approximate surface area is 768 Å². The minimum Gasteiger partial charge on any atom is -0.478 e. The van der Waals surface area contributed by atoms with Crippen LogP contribution in [0.25, 0.3) is 0 Å². The molecule has 17 rings (SSSR count). The lowest BCUT2D eigenvalue weighted by atomic mass is 9.83. The third-order valence-electron chi connectivity index (χ3n) is 26.8. The van der Waals surface area contributed by atoms with Crippen LogP contribution in [0.4, 0.5) is 35.1 Å². The number of anilines is 6. The van der Waals surface area contributed by atoms with Crippen molar-refractivity contribution in [2.24, 2.45) is 17.8 Å². The Balaban J connectivity index is 0.000000147. The average molecular weight is 1770 g/mol. The van der Waals surface area contributed by atoms with Crippen molar-refractivity contribution < 1.29 is 47.3 Å². The molecule has 28 heteroatoms. The van der Waals surface area contributed by atoms with Crippen molar-refractivity contribution in [1.29, 1.82) is 15.8 Å². The van der Waals surface area contributed by atoms with Crippen molar-refractivity contribution in [2.75, 3.05) is 147 Å². The molecule has 2 amide bonds. The maximum absolute atomic E-state index is 14.3. The highest BCUT2D eigenvalue weighted by molar-refractivity contribution is 5.98. The first kappa shape index (κ1) is 93.8. The summed E-state index contributed by atoms with van der Waals surface area (Å²) in [5.74, 6) is 0.818. The number of nitrogens with one attached hydrogen (secondary N) is 1. The van der Waals surface area contributed by atoms with E-state index in [1.54, 1.807) is 0 Å². The van der Waals surface area contributed by atoms with E-state index < -0.39 is 5.97 Å². The van der Waals surface area contributed by atoms with Crippen LogP contribution >= 0.6 is 0 Å². The van der Waals surface area contributed by atoms with Gasteiger partial charge < -0.3 is 77.5 Å². The molecule has 0 spiro atoms. The second-order valence-electron chi connectivity index (χ2n) is 35.3. The van der Waals surface area contributed by atoms with E-state index in [1.165, 1.54) is 58.1 Å². The van der Waals surface area contributed by atoms with Crippen molar-refractivity contribution in [3.8, 4) is 18.2 Å². The summed E-state index contributed by atoms with van der Waals surface area (Å²) < 4.78 is 28.1. The zero-order chi connectivity index (χ0) is 91.9. The molecular formula is C103H120N18O10. The number of piperazine rings is 3. The van der Waals surface area contributed by atoms with Crippen LogP contribution in [0.3, 0.4) is 0 Å². The molecule has 3 N–H and O–H groups in total. The number of benzene rings is 8. The molecule has 6 aliphatic rings. The quantitative estimate of drug-likeness (QED) is 0.0506. The van der Waals surface area contributed by atoms with Gasteiger partial charge in [-0.25, -0.2) is 4.79 Å². The number of piperidine rings is 3. The second-order valence-corrected chi connectivity index (χ2v) is 35.3. The summed E-state index contributed by atoms with van der Waals surface area (Å²) in [5.41, 5.74) is 21.7. The molecule has 682 valence electrons. The number of hydrogen-bond acceptors (Lipinski definition) is 25. The number of aliphatic hydroxyl groups excluding tert-OH is 1. The summed E-state index contributed by atoms with van der Waals surface area (Å²) in [4.78, 5) is 56.3. The Morgan fingerprint density at radius 1 is 0.435 bits per heavy atom. The van der Waals surface area contributed by atoms with Crippen LogP contribution in [-0.2, 0) is 41.9 Å². The molecule has 3 atom stereocenters. The highest BCUT2D eigenvalue weighted by Crippen LogP contribution is 2.37. The molecule has 0 radical (unpaired) electrons. The Morgan fingerprint density at radius 3 is 1.26 bits per heavy atom. The lowest BCUT2D eigenvalue weighted by molar-refractivity contribution is 0.0596. The van der Waals surface area contributed by atoms with Gasteiger partial charge in [-0.2, -0.15) is 15.8 Å². The number of nitriles is 3. The fourth-order valence-electron chi connectivity index (χ4n) is 19.7. The van der Waals surface area contributed by atoms with Gasteiger partial charge >= 0.3 is 24.0 Å². The number of carbonyl (C=O) groups is 3. The highest BCUT2D eigenvalue weighted by Gasteiger charge is 2.38. The number of hydrogen-bond donors (Lipinski definition) is 3. The predicted octanol–water partition coefficient (Wildman–Crippen LogP) is 14.9. The summed E-state index contributed by atoms with van der Waals surface area (Å²) in [6.07, 6.45) is 13.1. The lowest BCUT2D eigenvalue weighted by Gasteiger charge is -2.40. The fraction of sp³-hybridized carbons (Fsp3) is 0.417. The second kappa shape index (κ2) is 45.3. The van der Waals surface area contributed by atoms with Crippen molar-refractivity contribution in [2.45, 2.75) is 145 Å². The number of aromatic carboxylic acids is 1. The molecule has 11 aromatic rings. The van der Waals surface area contributed by atoms with E-state index in [2.05, 4.69) is 144 Å². The number of rotatable bonds is 24. The molecule has 28 nitrogen and oxygen atoms in total. The zero-order valence-corrected chi connectivity index (χ0v) is 76.5. The van der Waals surface area contributed by atoms with Gasteiger partial charge in [0.2, 0.25) is 19.2 Å². The van der Waals surface area contributed by atoms with Crippen LogP contribution in [0.1, 0.15) is 159 Å². The SMILES string of the molecule is Cc1cc(C)c(C(=O)N2CCN(c3nnco3)[C@H](CO)C2)cc1CC1CCN(c2ccccc2C#N)CC1.Cc1cc(C)c(C(=O)N2CCN(c3nnco3)[C@H](COCc3ccccc3)C2)c(C)c1CC1CCN(c2ccccc2C#N)CC1.Cc1cc(C)c(C(=O)O)c(C)c1CC1CCN(c2ccccc2C#N)CC1.c1ccc(COC[C@@H]2CNCCN2c2nnco2)cc1. The summed E-state index contributed by atoms with van der Waals surface area (Å²) in [5, 5.41) is 74.7. The van der Waals surface area contributed by atoms with E-state index >= 15 is 0 Å². The van der Waals surface area contributed by atoms with Crippen molar-refractivity contribution in [1.82, 2.24) is 45.7 Å². The van der Waals surface area contributed by atoms with Gasteiger partial charge in [-0.3, -0.25) is 9.59 Å². The molecule has 6 saturated heterocycles. The molecule has 131 heavy (non-hydrogen) atoms. The first-order valence-corrected chi connectivity index (χ1v) is 45.7. The molecule has 0 aliphatic carbocycles. The summed E-state index contributed by atoms with van der Waals surface area (Å²) in [6.45, 7) is 29.7. The monoisotopic (exact) mass is 1770 g/mol. The van der Waals surface area contributed by atoms with Gasteiger partial charge in [-0.1, -0.05) is 131 Å². The molecular weight excluding hydrogens is 1650 g/mol. The number of aliphatic hydroxyl groups is 1. The van der Waals surface area contributed by atoms with Gasteiger partial charge in [-0.05, 0) is 246 Å². The molecule has 6 aliphatic heterocycles. The molecule has 3 aromatic heterocycles. The van der Waals surface area contributed by atoms with E-state index in [9.17, 15) is 40.4 Å².